The van der Waals surface area contributed by atoms with Crippen LogP contribution in [0.15, 0.2) is 47.2 Å². The fraction of sp³-hybridized carbons (Fsp3) is 0.250. The molecule has 10 heteroatoms. The van der Waals surface area contributed by atoms with Crippen LogP contribution in [-0.2, 0) is 4.79 Å². The summed E-state index contributed by atoms with van der Waals surface area (Å²) >= 11 is 17.7. The van der Waals surface area contributed by atoms with E-state index in [2.05, 4.69) is 25.7 Å². The number of anilines is 2. The molecule has 4 rings (SSSR count). The molecule has 0 bridgehead atoms. The summed E-state index contributed by atoms with van der Waals surface area (Å²) < 4.78 is 5.57. The van der Waals surface area contributed by atoms with Crippen molar-refractivity contribution < 1.29 is 9.32 Å². The number of pyridine rings is 1. The number of carbonyl (C=O) groups is 1. The molecule has 1 amide bonds. The number of alkyl halides is 2. The monoisotopic (exact) mass is 465 g/mol. The van der Waals surface area contributed by atoms with Crippen LogP contribution >= 0.6 is 34.8 Å². The highest BCUT2D eigenvalue weighted by Gasteiger charge is 2.21. The van der Waals surface area contributed by atoms with E-state index < -0.39 is 10.7 Å². The SMILES string of the molecule is O=C(Nc1cncc(-c2cc(-c3c(Cl)cccc3N3CCNCC3)no2)c1)C(Cl)Cl. The standard InChI is InChI=1S/C20H18Cl3N5O2/c21-14-2-1-3-16(28-6-4-24-5-7-28)18(14)15-9-17(30-27-15)12-8-13(11-25-10-12)26-20(29)19(22)23/h1-3,8-11,19,24H,4-7H2,(H,26,29). The molecule has 2 aromatic heterocycles. The van der Waals surface area contributed by atoms with Gasteiger partial charge in [0.1, 0.15) is 5.69 Å². The fourth-order valence-corrected chi connectivity index (χ4v) is 3.68. The summed E-state index contributed by atoms with van der Waals surface area (Å²) in [5.41, 5.74) is 3.54. The van der Waals surface area contributed by atoms with Crippen LogP contribution < -0.4 is 15.5 Å². The number of hydrogen-bond acceptors (Lipinski definition) is 6. The Balaban J connectivity index is 1.65. The predicted octanol–water partition coefficient (Wildman–Crippen LogP) is 4.21. The Morgan fingerprint density at radius 3 is 2.77 bits per heavy atom. The quantitative estimate of drug-likeness (QED) is 0.548. The van der Waals surface area contributed by atoms with E-state index in [1.165, 1.54) is 6.20 Å². The van der Waals surface area contributed by atoms with Gasteiger partial charge in [-0.25, -0.2) is 0 Å². The molecule has 156 valence electrons. The summed E-state index contributed by atoms with van der Waals surface area (Å²) in [5.74, 6) is -0.0413. The molecule has 0 radical (unpaired) electrons. The van der Waals surface area contributed by atoms with Gasteiger partial charge in [-0.15, -0.1) is 0 Å². The van der Waals surface area contributed by atoms with Gasteiger partial charge in [0, 0.05) is 55.3 Å². The zero-order valence-corrected chi connectivity index (χ0v) is 18.0. The van der Waals surface area contributed by atoms with Crippen molar-refractivity contribution in [1.82, 2.24) is 15.5 Å². The fourth-order valence-electron chi connectivity index (χ4n) is 3.30. The molecule has 7 nitrogen and oxygen atoms in total. The second-order valence-corrected chi connectivity index (χ2v) is 8.20. The van der Waals surface area contributed by atoms with Crippen LogP contribution in [0.25, 0.3) is 22.6 Å². The van der Waals surface area contributed by atoms with E-state index in [1.807, 2.05) is 18.2 Å². The Kier molecular flexibility index (Phi) is 6.43. The van der Waals surface area contributed by atoms with Crippen LogP contribution in [-0.4, -0.2) is 47.1 Å². The number of nitrogens with zero attached hydrogens (tertiary/aromatic N) is 3. The lowest BCUT2D eigenvalue weighted by molar-refractivity contribution is -0.114. The molecule has 3 heterocycles. The van der Waals surface area contributed by atoms with Gasteiger partial charge in [-0.05, 0) is 18.2 Å². The highest BCUT2D eigenvalue weighted by Crippen LogP contribution is 2.38. The van der Waals surface area contributed by atoms with Crippen molar-refractivity contribution in [2.24, 2.45) is 0 Å². The zero-order chi connectivity index (χ0) is 21.1. The average Bonchev–Trinajstić information content (AvgIpc) is 3.24. The molecule has 0 aliphatic carbocycles. The lowest BCUT2D eigenvalue weighted by Crippen LogP contribution is -2.43. The Bertz CT molecular complexity index is 1050. The van der Waals surface area contributed by atoms with E-state index in [1.54, 1.807) is 18.3 Å². The third-order valence-electron chi connectivity index (χ3n) is 4.70. The van der Waals surface area contributed by atoms with E-state index in [0.29, 0.717) is 27.7 Å². The Hall–Kier alpha value is -2.32. The third kappa shape index (κ3) is 4.54. The van der Waals surface area contributed by atoms with Crippen molar-refractivity contribution in [3.63, 3.8) is 0 Å². The van der Waals surface area contributed by atoms with Crippen molar-refractivity contribution in [2.75, 3.05) is 36.4 Å². The molecule has 1 saturated heterocycles. The van der Waals surface area contributed by atoms with Gasteiger partial charge in [0.2, 0.25) is 0 Å². The minimum atomic E-state index is -1.17. The summed E-state index contributed by atoms with van der Waals surface area (Å²) in [6.45, 7) is 3.58. The van der Waals surface area contributed by atoms with Crippen molar-refractivity contribution in [2.45, 2.75) is 4.84 Å². The Labute approximate surface area is 188 Å². The van der Waals surface area contributed by atoms with Gasteiger partial charge in [-0.1, -0.05) is 46.0 Å². The van der Waals surface area contributed by atoms with Gasteiger partial charge in [-0.2, -0.15) is 0 Å². The molecular weight excluding hydrogens is 449 g/mol. The van der Waals surface area contributed by atoms with E-state index in [4.69, 9.17) is 39.3 Å². The van der Waals surface area contributed by atoms with Crippen molar-refractivity contribution in [1.29, 1.82) is 0 Å². The molecule has 0 saturated carbocycles. The number of aromatic nitrogens is 2. The smallest absolute Gasteiger partial charge is 0.257 e. The molecular formula is C20H18Cl3N5O2. The van der Waals surface area contributed by atoms with Crippen molar-refractivity contribution in [3.05, 3.63) is 47.7 Å². The van der Waals surface area contributed by atoms with Crippen LogP contribution in [0.5, 0.6) is 0 Å². The molecule has 2 N–H and O–H groups in total. The van der Waals surface area contributed by atoms with Crippen LogP contribution in [0.2, 0.25) is 5.02 Å². The van der Waals surface area contributed by atoms with Crippen LogP contribution in [0.3, 0.4) is 0 Å². The van der Waals surface area contributed by atoms with Crippen molar-refractivity contribution >= 4 is 52.1 Å². The minimum Gasteiger partial charge on any atom is -0.368 e. The number of carbonyl (C=O) groups excluding carboxylic acids is 1. The molecule has 3 aromatic rings. The van der Waals surface area contributed by atoms with Crippen LogP contribution in [0.1, 0.15) is 0 Å². The molecule has 0 spiro atoms. The lowest BCUT2D eigenvalue weighted by Gasteiger charge is -2.31. The molecule has 1 aliphatic rings. The minimum absolute atomic E-state index is 0.445. The second-order valence-electron chi connectivity index (χ2n) is 6.70. The zero-order valence-electron chi connectivity index (χ0n) is 15.7. The largest absolute Gasteiger partial charge is 0.368 e. The van der Waals surface area contributed by atoms with Gasteiger partial charge in [-0.3, -0.25) is 9.78 Å². The van der Waals surface area contributed by atoms with E-state index in [0.717, 1.165) is 37.4 Å². The first-order chi connectivity index (χ1) is 14.5. The third-order valence-corrected chi connectivity index (χ3v) is 5.42. The molecule has 1 aromatic carbocycles. The summed E-state index contributed by atoms with van der Waals surface area (Å²) in [6, 6.07) is 9.31. The predicted molar refractivity (Wildman–Crippen MR) is 119 cm³/mol. The first kappa shape index (κ1) is 20.9. The molecule has 30 heavy (non-hydrogen) atoms. The first-order valence-corrected chi connectivity index (χ1v) is 10.5. The van der Waals surface area contributed by atoms with E-state index in [9.17, 15) is 4.79 Å². The topological polar surface area (TPSA) is 83.3 Å². The maximum atomic E-state index is 11.7. The van der Waals surface area contributed by atoms with Gasteiger partial charge >= 0.3 is 0 Å². The summed E-state index contributed by atoms with van der Waals surface area (Å²) in [7, 11) is 0. The highest BCUT2D eigenvalue weighted by molar-refractivity contribution is 6.54. The average molecular weight is 467 g/mol. The Morgan fingerprint density at radius 1 is 1.20 bits per heavy atom. The van der Waals surface area contributed by atoms with Gasteiger partial charge in [0.05, 0.1) is 16.9 Å². The van der Waals surface area contributed by atoms with E-state index in [-0.39, 0.29) is 0 Å². The van der Waals surface area contributed by atoms with Crippen molar-refractivity contribution in [3.8, 4) is 22.6 Å². The number of rotatable bonds is 5. The molecule has 1 aliphatic heterocycles. The highest BCUT2D eigenvalue weighted by atomic mass is 35.5. The summed E-state index contributed by atoms with van der Waals surface area (Å²) in [4.78, 5) is 17.0. The van der Waals surface area contributed by atoms with Gasteiger partial charge < -0.3 is 20.1 Å². The van der Waals surface area contributed by atoms with Gasteiger partial charge in [0.25, 0.3) is 5.91 Å². The number of nitrogens with one attached hydrogen (secondary N) is 2. The number of amides is 1. The Morgan fingerprint density at radius 2 is 2.00 bits per heavy atom. The van der Waals surface area contributed by atoms with Crippen LogP contribution in [0.4, 0.5) is 11.4 Å². The normalized spacial score (nSPS) is 14.2. The number of halogens is 3. The van der Waals surface area contributed by atoms with Gasteiger partial charge in [0.15, 0.2) is 10.6 Å². The maximum absolute atomic E-state index is 11.7. The maximum Gasteiger partial charge on any atom is 0.257 e. The first-order valence-electron chi connectivity index (χ1n) is 9.28. The van der Waals surface area contributed by atoms with E-state index >= 15 is 0 Å². The summed E-state index contributed by atoms with van der Waals surface area (Å²) in [5, 5.41) is 10.8. The van der Waals surface area contributed by atoms with Crippen LogP contribution in [0, 0.1) is 0 Å². The lowest BCUT2D eigenvalue weighted by atomic mass is 10.1. The second kappa shape index (κ2) is 9.22. The number of hydrogen-bond donors (Lipinski definition) is 2. The number of piperazine rings is 1. The summed E-state index contributed by atoms with van der Waals surface area (Å²) in [6.07, 6.45) is 3.11. The molecule has 0 atom stereocenters. The molecule has 1 fully saturated rings. The number of benzene rings is 1. The molecule has 0 unspecified atom stereocenters.